The molecular weight excluding hydrogens is 523 g/mol. The summed E-state index contributed by atoms with van der Waals surface area (Å²) in [5, 5.41) is 9.88. The lowest BCUT2D eigenvalue weighted by atomic mass is 9.97. The molecule has 0 radical (unpaired) electrons. The lowest BCUT2D eigenvalue weighted by Crippen LogP contribution is -2.38. The minimum Gasteiger partial charge on any atom is -0.355 e. The van der Waals surface area contributed by atoms with Crippen molar-refractivity contribution < 1.29 is 14.0 Å². The van der Waals surface area contributed by atoms with E-state index in [4.69, 9.17) is 0 Å². The number of carbonyl (C=O) groups is 2. The highest BCUT2D eigenvalue weighted by Crippen LogP contribution is 2.23. The Morgan fingerprint density at radius 3 is 2.68 bits per heavy atom. The first kappa shape index (κ1) is 29.4. The maximum absolute atomic E-state index is 14.3. The van der Waals surface area contributed by atoms with Crippen LogP contribution in [-0.4, -0.2) is 53.2 Å². The molecule has 8 nitrogen and oxygen atoms in total. The predicted octanol–water partition coefficient (Wildman–Crippen LogP) is 4.78. The van der Waals surface area contributed by atoms with E-state index in [-0.39, 0.29) is 16.6 Å². The minimum atomic E-state index is -0.339. The molecule has 1 amide bonds. The van der Waals surface area contributed by atoms with Crippen LogP contribution in [0.3, 0.4) is 0 Å². The molecule has 0 saturated carbocycles. The zero-order chi connectivity index (χ0) is 27.3. The third-order valence-corrected chi connectivity index (χ3v) is 7.26. The van der Waals surface area contributed by atoms with Gasteiger partial charge in [0.25, 0.3) is 5.91 Å². The SMILES string of the molecule is CC.CNC(=O)/C(=C/c1ccnc(N2CCC(CNCc3nc(-c4ccsc4)ccc3F)CC2)n1)SC=O. The number of amides is 1. The fraction of sp³-hybridized carbons (Fsp3) is 0.370. The summed E-state index contributed by atoms with van der Waals surface area (Å²) in [7, 11) is 1.52. The highest BCUT2D eigenvalue weighted by atomic mass is 32.2. The van der Waals surface area contributed by atoms with Crippen LogP contribution in [0.25, 0.3) is 17.3 Å². The molecule has 1 fully saturated rings. The molecule has 0 aromatic carbocycles. The van der Waals surface area contributed by atoms with Crippen LogP contribution < -0.4 is 15.5 Å². The van der Waals surface area contributed by atoms with E-state index >= 15 is 0 Å². The number of thiophene rings is 1. The summed E-state index contributed by atoms with van der Waals surface area (Å²) in [6.07, 6.45) is 5.14. The van der Waals surface area contributed by atoms with Crippen molar-refractivity contribution in [3.05, 3.63) is 63.3 Å². The zero-order valence-corrected chi connectivity index (χ0v) is 23.4. The number of hydrogen-bond acceptors (Lipinski definition) is 9. The smallest absolute Gasteiger partial charge is 0.257 e. The first-order chi connectivity index (χ1) is 18.6. The molecule has 4 heterocycles. The van der Waals surface area contributed by atoms with Gasteiger partial charge in [-0.2, -0.15) is 11.3 Å². The average molecular weight is 557 g/mol. The van der Waals surface area contributed by atoms with Crippen molar-refractivity contribution in [2.24, 2.45) is 5.92 Å². The topological polar surface area (TPSA) is 100 Å². The Kier molecular flexibility index (Phi) is 11.8. The minimum absolute atomic E-state index is 0.272. The Morgan fingerprint density at radius 1 is 1.21 bits per heavy atom. The van der Waals surface area contributed by atoms with E-state index in [2.05, 4.69) is 30.5 Å². The Hall–Kier alpha value is -3.15. The molecule has 2 N–H and O–H groups in total. The first-order valence-corrected chi connectivity index (χ1v) is 14.4. The quantitative estimate of drug-likeness (QED) is 0.272. The lowest BCUT2D eigenvalue weighted by Gasteiger charge is -2.32. The second-order valence-corrected chi connectivity index (χ2v) is 9.93. The van der Waals surface area contributed by atoms with Crippen LogP contribution in [0.5, 0.6) is 0 Å². The summed E-state index contributed by atoms with van der Waals surface area (Å²) in [5.74, 6) is 0.415. The lowest BCUT2D eigenvalue weighted by molar-refractivity contribution is -0.116. The molecule has 38 heavy (non-hydrogen) atoms. The van der Waals surface area contributed by atoms with Gasteiger partial charge in [0.2, 0.25) is 5.95 Å². The fourth-order valence-corrected chi connectivity index (χ4v) is 5.12. The van der Waals surface area contributed by atoms with Gasteiger partial charge in [0.15, 0.2) is 5.62 Å². The maximum atomic E-state index is 14.3. The number of aromatic nitrogens is 3. The van der Waals surface area contributed by atoms with Crippen LogP contribution in [0.4, 0.5) is 10.3 Å². The number of thioether (sulfide) groups is 1. The molecule has 1 aliphatic heterocycles. The number of hydrogen-bond donors (Lipinski definition) is 2. The van der Waals surface area contributed by atoms with E-state index in [1.165, 1.54) is 13.1 Å². The van der Waals surface area contributed by atoms with Gasteiger partial charge in [-0.15, -0.1) is 0 Å². The van der Waals surface area contributed by atoms with Crippen LogP contribution >= 0.6 is 23.1 Å². The van der Waals surface area contributed by atoms with Crippen LogP contribution in [0.15, 0.2) is 46.1 Å². The summed E-state index contributed by atoms with van der Waals surface area (Å²) >= 11 is 2.40. The number of piperidine rings is 1. The number of carbonyl (C=O) groups excluding carboxylic acids is 2. The van der Waals surface area contributed by atoms with Crippen molar-refractivity contribution in [2.45, 2.75) is 33.2 Å². The Balaban J connectivity index is 0.00000195. The Labute approximate surface area is 231 Å². The number of halogens is 1. The molecule has 3 aromatic rings. The molecule has 0 spiro atoms. The van der Waals surface area contributed by atoms with E-state index in [1.54, 1.807) is 35.7 Å². The van der Waals surface area contributed by atoms with Crippen molar-refractivity contribution in [1.82, 2.24) is 25.6 Å². The molecule has 0 aliphatic carbocycles. The normalized spacial score (nSPS) is 14.0. The maximum Gasteiger partial charge on any atom is 0.257 e. The van der Waals surface area contributed by atoms with Gasteiger partial charge in [0.1, 0.15) is 5.82 Å². The monoisotopic (exact) mass is 556 g/mol. The largest absolute Gasteiger partial charge is 0.355 e. The Morgan fingerprint density at radius 2 is 2.00 bits per heavy atom. The van der Waals surface area contributed by atoms with Gasteiger partial charge in [-0.3, -0.25) is 9.59 Å². The highest BCUT2D eigenvalue weighted by Gasteiger charge is 2.21. The van der Waals surface area contributed by atoms with E-state index in [9.17, 15) is 14.0 Å². The van der Waals surface area contributed by atoms with Gasteiger partial charge in [0, 0.05) is 43.8 Å². The molecule has 202 valence electrons. The number of nitrogens with one attached hydrogen (secondary N) is 2. The van der Waals surface area contributed by atoms with Crippen molar-refractivity contribution >= 4 is 46.6 Å². The number of nitrogens with zero attached hydrogens (tertiary/aromatic N) is 4. The molecule has 0 atom stereocenters. The van der Waals surface area contributed by atoms with E-state index < -0.39 is 0 Å². The first-order valence-electron chi connectivity index (χ1n) is 12.6. The third kappa shape index (κ3) is 8.17. The van der Waals surface area contributed by atoms with Gasteiger partial charge in [0.05, 0.1) is 22.0 Å². The average Bonchev–Trinajstić information content (AvgIpc) is 3.50. The molecule has 3 aromatic heterocycles. The van der Waals surface area contributed by atoms with Crippen molar-refractivity contribution in [1.29, 1.82) is 0 Å². The Bertz CT molecular complexity index is 1210. The summed E-state index contributed by atoms with van der Waals surface area (Å²) < 4.78 is 14.3. The van der Waals surface area contributed by atoms with Crippen LogP contribution in [0, 0.1) is 11.7 Å². The molecular formula is C27H33FN6O2S2. The molecule has 0 unspecified atom stereocenters. The van der Waals surface area contributed by atoms with Gasteiger partial charge < -0.3 is 15.5 Å². The summed E-state index contributed by atoms with van der Waals surface area (Å²) in [5.41, 5.74) is 3.40. The number of likely N-dealkylation sites (N-methyl/N-ethyl adjacent to an activating group) is 1. The second kappa shape index (κ2) is 15.3. The van der Waals surface area contributed by atoms with Crippen molar-refractivity contribution in [2.75, 3.05) is 31.6 Å². The van der Waals surface area contributed by atoms with Crippen LogP contribution in [0.2, 0.25) is 0 Å². The molecule has 11 heteroatoms. The third-order valence-electron chi connectivity index (χ3n) is 5.93. The number of rotatable bonds is 10. The highest BCUT2D eigenvalue weighted by molar-refractivity contribution is 8.16. The van der Waals surface area contributed by atoms with Gasteiger partial charge in [-0.1, -0.05) is 13.8 Å². The number of anilines is 1. The zero-order valence-electron chi connectivity index (χ0n) is 21.8. The molecule has 1 saturated heterocycles. The number of pyridine rings is 1. The van der Waals surface area contributed by atoms with Crippen molar-refractivity contribution in [3.8, 4) is 11.3 Å². The fourth-order valence-electron chi connectivity index (χ4n) is 3.97. The van der Waals surface area contributed by atoms with Gasteiger partial charge >= 0.3 is 0 Å². The van der Waals surface area contributed by atoms with Gasteiger partial charge in [-0.05, 0) is 72.8 Å². The molecule has 4 rings (SSSR count). The summed E-state index contributed by atoms with van der Waals surface area (Å²) in [6.45, 7) is 6.75. The molecule has 1 aliphatic rings. The standard InChI is InChI=1S/C25H27FN6O2S2.C2H6/c1-27-24(34)23(36-16-33)12-19-4-8-29-25(30-19)32-9-5-17(6-10-32)13-28-14-22-20(26)2-3-21(31-22)18-7-11-35-15-18;1-2/h2-4,7-8,11-12,15-17,28H,5-6,9-10,13-14H2,1H3,(H,27,34);1-2H3/b23-12-;. The van der Waals surface area contributed by atoms with Crippen LogP contribution in [-0.2, 0) is 16.1 Å². The van der Waals surface area contributed by atoms with E-state index in [1.807, 2.05) is 30.7 Å². The van der Waals surface area contributed by atoms with Crippen molar-refractivity contribution in [3.63, 3.8) is 0 Å². The predicted molar refractivity (Wildman–Crippen MR) is 154 cm³/mol. The van der Waals surface area contributed by atoms with E-state index in [0.717, 1.165) is 55.5 Å². The van der Waals surface area contributed by atoms with E-state index in [0.29, 0.717) is 35.4 Å². The van der Waals surface area contributed by atoms with Crippen LogP contribution in [0.1, 0.15) is 38.1 Å². The van der Waals surface area contributed by atoms with Gasteiger partial charge in [-0.25, -0.2) is 19.3 Å². The summed E-state index contributed by atoms with van der Waals surface area (Å²) in [6, 6.07) is 6.88. The second-order valence-electron chi connectivity index (χ2n) is 8.28. The summed E-state index contributed by atoms with van der Waals surface area (Å²) in [4.78, 5) is 38.7. The molecule has 0 bridgehead atoms.